The number of hydrogen-bond donors (Lipinski definition) is 1. The second-order valence-corrected chi connectivity index (χ2v) is 14.5. The maximum absolute atomic E-state index is 10.6. The molecule has 1 atom stereocenters. The van der Waals surface area contributed by atoms with Crippen LogP contribution in [-0.4, -0.2) is 11.5 Å². The summed E-state index contributed by atoms with van der Waals surface area (Å²) in [6, 6.07) is 18.9. The van der Waals surface area contributed by atoms with Crippen LogP contribution in [0, 0.1) is 0 Å². The average molecular weight is 654 g/mol. The van der Waals surface area contributed by atoms with Crippen LogP contribution >= 0.6 is 8.25 Å². The maximum atomic E-state index is 10.6. The Kier molecular flexibility index (Phi) is 25.1. The van der Waals surface area contributed by atoms with Crippen molar-refractivity contribution in [2.75, 3.05) is 6.61 Å². The SMILES string of the molecule is CCCCCCCCCc1ccccc1C(CCCCCCCCCCCO[P+](=O)O)c1ccccc1CCCCCCCCC. The van der Waals surface area contributed by atoms with Crippen LogP contribution in [0.4, 0.5) is 0 Å². The van der Waals surface area contributed by atoms with Gasteiger partial charge in [0.15, 0.2) is 0 Å². The van der Waals surface area contributed by atoms with E-state index < -0.39 is 8.25 Å². The van der Waals surface area contributed by atoms with Gasteiger partial charge in [-0.3, -0.25) is 0 Å². The summed E-state index contributed by atoms with van der Waals surface area (Å²) >= 11 is 0. The van der Waals surface area contributed by atoms with E-state index >= 15 is 0 Å². The maximum Gasteiger partial charge on any atom is 0.694 e. The van der Waals surface area contributed by atoms with Crippen molar-refractivity contribution >= 4 is 8.25 Å². The Morgan fingerprint density at radius 3 is 1.33 bits per heavy atom. The van der Waals surface area contributed by atoms with Gasteiger partial charge in [0.1, 0.15) is 6.61 Å². The third-order valence-corrected chi connectivity index (χ3v) is 10.2. The molecule has 0 aliphatic rings. The monoisotopic (exact) mass is 654 g/mol. The summed E-state index contributed by atoms with van der Waals surface area (Å²) in [7, 11) is -2.44. The molecule has 0 radical (unpaired) electrons. The zero-order chi connectivity index (χ0) is 32.9. The van der Waals surface area contributed by atoms with E-state index in [2.05, 4.69) is 62.4 Å². The topological polar surface area (TPSA) is 46.5 Å². The number of benzene rings is 2. The largest absolute Gasteiger partial charge is 0.694 e. The Hall–Kier alpha value is -1.54. The molecule has 0 amide bonds. The Balaban J connectivity index is 1.96. The van der Waals surface area contributed by atoms with Crippen molar-refractivity contribution < 1.29 is 14.0 Å². The molecular weight excluding hydrogens is 583 g/mol. The van der Waals surface area contributed by atoms with Gasteiger partial charge in [-0.25, -0.2) is 0 Å². The second-order valence-electron chi connectivity index (χ2n) is 13.7. The fourth-order valence-electron chi connectivity index (χ4n) is 7.06. The van der Waals surface area contributed by atoms with E-state index in [9.17, 15) is 4.57 Å². The van der Waals surface area contributed by atoms with Crippen LogP contribution in [0.3, 0.4) is 0 Å². The quantitative estimate of drug-likeness (QED) is 0.0650. The molecule has 2 aromatic carbocycles. The van der Waals surface area contributed by atoms with Crippen LogP contribution < -0.4 is 0 Å². The van der Waals surface area contributed by atoms with Gasteiger partial charge >= 0.3 is 8.25 Å². The van der Waals surface area contributed by atoms with Gasteiger partial charge in [-0.15, -0.1) is 9.42 Å². The highest BCUT2D eigenvalue weighted by molar-refractivity contribution is 7.32. The summed E-state index contributed by atoms with van der Waals surface area (Å²) in [5.74, 6) is 0.498. The lowest BCUT2D eigenvalue weighted by atomic mass is 9.80. The van der Waals surface area contributed by atoms with Crippen LogP contribution in [0.25, 0.3) is 0 Å². The van der Waals surface area contributed by atoms with Crippen molar-refractivity contribution in [1.29, 1.82) is 0 Å². The molecule has 260 valence electrons. The molecule has 1 N–H and O–H groups in total. The molecular formula is C42H70O3P+. The summed E-state index contributed by atoms with van der Waals surface area (Å²) in [6.45, 7) is 5.00. The molecule has 0 heterocycles. The van der Waals surface area contributed by atoms with E-state index in [0.29, 0.717) is 12.5 Å². The van der Waals surface area contributed by atoms with Crippen LogP contribution in [0.5, 0.6) is 0 Å². The minimum absolute atomic E-state index is 0.400. The van der Waals surface area contributed by atoms with Crippen LogP contribution in [0.2, 0.25) is 0 Å². The molecule has 3 nitrogen and oxygen atoms in total. The van der Waals surface area contributed by atoms with Crippen molar-refractivity contribution in [1.82, 2.24) is 0 Å². The van der Waals surface area contributed by atoms with Gasteiger partial charge < -0.3 is 0 Å². The lowest BCUT2D eigenvalue weighted by Gasteiger charge is -2.24. The predicted molar refractivity (Wildman–Crippen MR) is 200 cm³/mol. The smallest absolute Gasteiger partial charge is 0.133 e. The standard InChI is InChI=1S/C42H69O3P/c1-3-5-7-9-14-18-22-30-38-32-25-27-34-40(38)42(36-24-20-16-12-11-13-17-21-29-37-45-46(43)44)41-35-28-26-33-39(41)31-23-19-15-10-8-6-4-2/h25-28,32-35,42H,3-24,29-31,36-37H2,1-2H3/p+1. The molecule has 0 bridgehead atoms. The first-order chi connectivity index (χ1) is 22.7. The normalized spacial score (nSPS) is 11.9. The molecule has 0 aromatic heterocycles. The van der Waals surface area contributed by atoms with Crippen molar-refractivity contribution in [2.45, 2.75) is 187 Å². The van der Waals surface area contributed by atoms with E-state index in [-0.39, 0.29) is 0 Å². The first kappa shape index (κ1) is 40.6. The lowest BCUT2D eigenvalue weighted by Crippen LogP contribution is -2.08. The fraction of sp³-hybridized carbons (Fsp3) is 0.714. The van der Waals surface area contributed by atoms with Gasteiger partial charge in [-0.05, 0) is 60.8 Å². The zero-order valence-corrected chi connectivity index (χ0v) is 30.9. The Bertz CT molecular complexity index is 944. The molecule has 2 aromatic rings. The molecule has 0 spiro atoms. The van der Waals surface area contributed by atoms with Crippen LogP contribution in [0.1, 0.15) is 196 Å². The van der Waals surface area contributed by atoms with Crippen molar-refractivity contribution in [3.63, 3.8) is 0 Å². The molecule has 0 aliphatic carbocycles. The number of rotatable bonds is 31. The van der Waals surface area contributed by atoms with Gasteiger partial charge in [0.2, 0.25) is 0 Å². The summed E-state index contributed by atoms with van der Waals surface area (Å²) in [5.41, 5.74) is 6.36. The lowest BCUT2D eigenvalue weighted by molar-refractivity contribution is 0.273. The first-order valence-electron chi connectivity index (χ1n) is 19.6. The summed E-state index contributed by atoms with van der Waals surface area (Å²) in [5, 5.41) is 0. The Morgan fingerprint density at radius 1 is 0.522 bits per heavy atom. The van der Waals surface area contributed by atoms with E-state index in [0.717, 1.165) is 12.8 Å². The second kappa shape index (κ2) is 28.5. The highest BCUT2D eigenvalue weighted by Gasteiger charge is 2.20. The van der Waals surface area contributed by atoms with Gasteiger partial charge in [0, 0.05) is 10.5 Å². The zero-order valence-electron chi connectivity index (χ0n) is 30.0. The van der Waals surface area contributed by atoms with Gasteiger partial charge in [-0.1, -0.05) is 191 Å². The molecule has 2 rings (SSSR count). The van der Waals surface area contributed by atoms with Crippen molar-refractivity contribution in [3.05, 3.63) is 70.8 Å². The van der Waals surface area contributed by atoms with Gasteiger partial charge in [0.05, 0.1) is 0 Å². The Morgan fingerprint density at radius 2 is 0.891 bits per heavy atom. The van der Waals surface area contributed by atoms with Crippen LogP contribution in [0.15, 0.2) is 48.5 Å². The predicted octanol–water partition coefficient (Wildman–Crippen LogP) is 14.0. The fourth-order valence-corrected chi connectivity index (χ4v) is 7.34. The molecule has 0 saturated carbocycles. The molecule has 46 heavy (non-hydrogen) atoms. The summed E-state index contributed by atoms with van der Waals surface area (Å²) in [6.07, 6.45) is 33.7. The van der Waals surface area contributed by atoms with E-state index in [1.807, 2.05) is 0 Å². The van der Waals surface area contributed by atoms with Crippen molar-refractivity contribution in [2.24, 2.45) is 0 Å². The number of aryl methyl sites for hydroxylation is 2. The third-order valence-electron chi connectivity index (χ3n) is 9.80. The summed E-state index contributed by atoms with van der Waals surface area (Å²) < 4.78 is 15.4. The van der Waals surface area contributed by atoms with Gasteiger partial charge in [-0.2, -0.15) is 0 Å². The van der Waals surface area contributed by atoms with E-state index in [4.69, 9.17) is 9.42 Å². The van der Waals surface area contributed by atoms with Crippen LogP contribution in [-0.2, 0) is 21.9 Å². The van der Waals surface area contributed by atoms with Crippen molar-refractivity contribution in [3.8, 4) is 0 Å². The average Bonchev–Trinajstić information content (AvgIpc) is 3.06. The summed E-state index contributed by atoms with van der Waals surface area (Å²) in [4.78, 5) is 8.72. The third kappa shape index (κ3) is 19.3. The van der Waals surface area contributed by atoms with E-state index in [1.54, 1.807) is 22.3 Å². The highest BCUT2D eigenvalue weighted by Crippen LogP contribution is 2.36. The van der Waals surface area contributed by atoms with E-state index in [1.165, 1.54) is 154 Å². The minimum atomic E-state index is -2.44. The molecule has 1 unspecified atom stereocenters. The first-order valence-corrected chi connectivity index (χ1v) is 20.7. The van der Waals surface area contributed by atoms with Gasteiger partial charge in [0.25, 0.3) is 0 Å². The number of hydrogen-bond acceptors (Lipinski definition) is 2. The molecule has 0 saturated heterocycles. The molecule has 0 fully saturated rings. The number of unbranched alkanes of at least 4 members (excludes halogenated alkanes) is 20. The molecule has 0 aliphatic heterocycles. The highest BCUT2D eigenvalue weighted by atomic mass is 31.1. The molecule has 4 heteroatoms. The minimum Gasteiger partial charge on any atom is -0.133 e. The Labute approximate surface area is 285 Å².